The molecule has 0 fully saturated rings. The molecule has 1 aliphatic heterocycles. The lowest BCUT2D eigenvalue weighted by molar-refractivity contribution is 0.766. The van der Waals surface area contributed by atoms with Crippen LogP contribution in [0, 0.1) is 0 Å². The van der Waals surface area contributed by atoms with Crippen molar-refractivity contribution in [2.24, 2.45) is 0 Å². The number of pyridine rings is 1. The first-order valence-corrected chi connectivity index (χ1v) is 15.7. The number of benzene rings is 6. The van der Waals surface area contributed by atoms with Crippen LogP contribution in [0.15, 0.2) is 158 Å². The van der Waals surface area contributed by atoms with Crippen molar-refractivity contribution in [3.63, 3.8) is 0 Å². The molecule has 3 aromatic heterocycles. The Kier molecular flexibility index (Phi) is 5.48. The summed E-state index contributed by atoms with van der Waals surface area (Å²) in [6, 6.07) is 53.3. The molecular weight excluding hydrogens is 576 g/mol. The van der Waals surface area contributed by atoms with Crippen LogP contribution in [0.25, 0.3) is 66.6 Å². The quantitative estimate of drug-likeness (QED) is 0.202. The summed E-state index contributed by atoms with van der Waals surface area (Å²) < 4.78 is 2.27. The fourth-order valence-electron chi connectivity index (χ4n) is 7.12. The first kappa shape index (κ1) is 25.8. The Labute approximate surface area is 270 Å². The van der Waals surface area contributed by atoms with E-state index in [1.54, 1.807) is 4.80 Å². The third kappa shape index (κ3) is 3.88. The number of para-hydroxylation sites is 2. The lowest BCUT2D eigenvalue weighted by atomic mass is 9.94. The smallest absolute Gasteiger partial charge is 0.137 e. The number of hydrogen-bond acceptors (Lipinski definition) is 4. The van der Waals surface area contributed by atoms with E-state index in [0.29, 0.717) is 0 Å². The second kappa shape index (κ2) is 9.99. The molecule has 220 valence electrons. The van der Waals surface area contributed by atoms with Crippen molar-refractivity contribution in [3.05, 3.63) is 158 Å². The molecule has 10 rings (SSSR count). The van der Waals surface area contributed by atoms with Gasteiger partial charge in [0, 0.05) is 33.8 Å². The predicted octanol–water partition coefficient (Wildman–Crippen LogP) is 10.0. The molecule has 4 heterocycles. The number of nitrogens with zero attached hydrogens (tertiary/aromatic N) is 6. The lowest BCUT2D eigenvalue weighted by Crippen LogP contribution is -2.12. The zero-order valence-electron chi connectivity index (χ0n) is 25.2. The van der Waals surface area contributed by atoms with Gasteiger partial charge in [-0.25, -0.2) is 4.98 Å². The number of rotatable bonds is 3. The summed E-state index contributed by atoms with van der Waals surface area (Å²) in [5.41, 5.74) is 12.8. The number of hydrogen-bond donors (Lipinski definition) is 0. The van der Waals surface area contributed by atoms with Crippen LogP contribution in [0.1, 0.15) is 0 Å². The molecule has 47 heavy (non-hydrogen) atoms. The molecule has 0 radical (unpaired) electrons. The zero-order chi connectivity index (χ0) is 30.9. The molecule has 0 spiro atoms. The standard InChI is InChI=1S/C41H26N6/c1-2-12-30-29(11-1)31-13-3-7-17-37(31)45(39-26-28(21-23-33(30)39)47-43-35-15-5-6-16-36(35)44-47)27-20-22-34-32-14-4-8-18-38(32)46(40(34)25-27)41-19-9-10-24-42-41/h1-26H. The molecule has 6 nitrogen and oxygen atoms in total. The van der Waals surface area contributed by atoms with Crippen LogP contribution in [0.4, 0.5) is 17.1 Å². The van der Waals surface area contributed by atoms with Crippen LogP contribution in [-0.4, -0.2) is 24.5 Å². The van der Waals surface area contributed by atoms with E-state index in [4.69, 9.17) is 15.2 Å². The molecule has 9 aromatic rings. The van der Waals surface area contributed by atoms with E-state index in [0.717, 1.165) is 56.2 Å². The Morgan fingerprint density at radius 1 is 0.426 bits per heavy atom. The highest BCUT2D eigenvalue weighted by Crippen LogP contribution is 2.51. The van der Waals surface area contributed by atoms with Gasteiger partial charge in [-0.2, -0.15) is 4.80 Å². The van der Waals surface area contributed by atoms with Crippen molar-refractivity contribution in [1.29, 1.82) is 0 Å². The van der Waals surface area contributed by atoms with E-state index in [-0.39, 0.29) is 0 Å². The van der Waals surface area contributed by atoms with Crippen molar-refractivity contribution in [2.45, 2.75) is 0 Å². The maximum atomic E-state index is 4.83. The van der Waals surface area contributed by atoms with Gasteiger partial charge in [-0.3, -0.25) is 4.57 Å². The van der Waals surface area contributed by atoms with Crippen LogP contribution in [-0.2, 0) is 0 Å². The van der Waals surface area contributed by atoms with Crippen molar-refractivity contribution in [3.8, 4) is 33.8 Å². The van der Waals surface area contributed by atoms with Gasteiger partial charge in [0.2, 0.25) is 0 Å². The maximum Gasteiger partial charge on any atom is 0.137 e. The van der Waals surface area contributed by atoms with Gasteiger partial charge in [-0.1, -0.05) is 91.0 Å². The van der Waals surface area contributed by atoms with E-state index in [1.165, 1.54) is 27.5 Å². The highest BCUT2D eigenvalue weighted by molar-refractivity contribution is 6.11. The lowest BCUT2D eigenvalue weighted by Gasteiger charge is -2.28. The molecule has 0 saturated carbocycles. The van der Waals surface area contributed by atoms with Gasteiger partial charge in [0.15, 0.2) is 0 Å². The monoisotopic (exact) mass is 602 g/mol. The highest BCUT2D eigenvalue weighted by atomic mass is 15.5. The van der Waals surface area contributed by atoms with Gasteiger partial charge in [-0.15, -0.1) is 10.2 Å². The Morgan fingerprint density at radius 3 is 1.85 bits per heavy atom. The number of aromatic nitrogens is 5. The third-order valence-corrected chi connectivity index (χ3v) is 9.19. The van der Waals surface area contributed by atoms with Crippen molar-refractivity contribution < 1.29 is 0 Å². The summed E-state index contributed by atoms with van der Waals surface area (Å²) in [6.07, 6.45) is 1.85. The first-order chi connectivity index (χ1) is 23.3. The molecule has 6 aromatic carbocycles. The fourth-order valence-corrected chi connectivity index (χ4v) is 7.12. The van der Waals surface area contributed by atoms with Crippen LogP contribution >= 0.6 is 0 Å². The van der Waals surface area contributed by atoms with Crippen molar-refractivity contribution in [1.82, 2.24) is 24.5 Å². The van der Waals surface area contributed by atoms with E-state index < -0.39 is 0 Å². The molecule has 1 aliphatic rings. The van der Waals surface area contributed by atoms with Crippen molar-refractivity contribution >= 4 is 49.9 Å². The minimum absolute atomic E-state index is 0.864. The van der Waals surface area contributed by atoms with Gasteiger partial charge in [0.1, 0.15) is 16.9 Å². The second-order valence-corrected chi connectivity index (χ2v) is 11.8. The highest BCUT2D eigenvalue weighted by Gasteiger charge is 2.27. The number of fused-ring (bicyclic) bond motifs is 9. The van der Waals surface area contributed by atoms with Gasteiger partial charge in [0.05, 0.1) is 28.1 Å². The van der Waals surface area contributed by atoms with E-state index in [2.05, 4.69) is 125 Å². The average molecular weight is 603 g/mol. The molecule has 0 aliphatic carbocycles. The van der Waals surface area contributed by atoms with Crippen LogP contribution in [0.2, 0.25) is 0 Å². The summed E-state index contributed by atoms with van der Waals surface area (Å²) in [6.45, 7) is 0. The Bertz CT molecular complexity index is 2620. The molecule has 0 bridgehead atoms. The van der Waals surface area contributed by atoms with Crippen LogP contribution in [0.5, 0.6) is 0 Å². The molecular formula is C41H26N6. The summed E-state index contributed by atoms with van der Waals surface area (Å²) in [4.78, 5) is 8.90. The summed E-state index contributed by atoms with van der Waals surface area (Å²) in [5, 5.41) is 12.0. The topological polar surface area (TPSA) is 51.8 Å². The minimum Gasteiger partial charge on any atom is -0.309 e. The SMILES string of the molecule is c1ccc(-n2c3ccccc3c3ccc(N4c5ccccc5-c5ccccc5-c5ccc(-n6nc7ccccc7n6)cc54)cc32)nc1. The minimum atomic E-state index is 0.864. The molecule has 0 unspecified atom stereocenters. The predicted molar refractivity (Wildman–Crippen MR) is 190 cm³/mol. The maximum absolute atomic E-state index is 4.83. The molecule has 0 amide bonds. The summed E-state index contributed by atoms with van der Waals surface area (Å²) >= 11 is 0. The van der Waals surface area contributed by atoms with Crippen LogP contribution in [0.3, 0.4) is 0 Å². The largest absolute Gasteiger partial charge is 0.309 e. The van der Waals surface area contributed by atoms with E-state index in [9.17, 15) is 0 Å². The second-order valence-electron chi connectivity index (χ2n) is 11.8. The van der Waals surface area contributed by atoms with E-state index in [1.807, 2.05) is 42.6 Å². The summed E-state index contributed by atoms with van der Waals surface area (Å²) in [5.74, 6) is 0.888. The van der Waals surface area contributed by atoms with Gasteiger partial charge in [0.25, 0.3) is 0 Å². The normalized spacial score (nSPS) is 12.2. The Morgan fingerprint density at radius 2 is 1.06 bits per heavy atom. The molecule has 0 N–H and O–H groups in total. The van der Waals surface area contributed by atoms with Gasteiger partial charge < -0.3 is 4.90 Å². The van der Waals surface area contributed by atoms with Gasteiger partial charge >= 0.3 is 0 Å². The Hall–Kier alpha value is -6.53. The van der Waals surface area contributed by atoms with Crippen LogP contribution < -0.4 is 4.90 Å². The average Bonchev–Trinajstić information content (AvgIpc) is 3.68. The molecule has 0 saturated heterocycles. The number of anilines is 3. The summed E-state index contributed by atoms with van der Waals surface area (Å²) in [7, 11) is 0. The molecule has 6 heteroatoms. The van der Waals surface area contributed by atoms with Crippen molar-refractivity contribution in [2.75, 3.05) is 4.90 Å². The van der Waals surface area contributed by atoms with E-state index >= 15 is 0 Å². The zero-order valence-corrected chi connectivity index (χ0v) is 25.2. The third-order valence-electron chi connectivity index (χ3n) is 9.19. The Balaban J connectivity index is 1.28. The first-order valence-electron chi connectivity index (χ1n) is 15.7. The van der Waals surface area contributed by atoms with Gasteiger partial charge in [-0.05, 0) is 71.8 Å². The fraction of sp³-hybridized carbons (Fsp3) is 0. The molecule has 0 atom stereocenters.